The van der Waals surface area contributed by atoms with Crippen molar-refractivity contribution in [3.8, 4) is 11.3 Å². The SMILES string of the molecule is CN=S(=O)(c1nc(-c2ccc(Br)cc2)c(C)s1)C(C)c1ccc(C(F)(F)F)nc1. The van der Waals surface area contributed by atoms with Crippen LogP contribution in [-0.2, 0) is 15.9 Å². The van der Waals surface area contributed by atoms with Gasteiger partial charge in [0.15, 0.2) is 4.34 Å². The summed E-state index contributed by atoms with van der Waals surface area (Å²) in [6.07, 6.45) is -3.42. The number of hydrogen-bond acceptors (Lipinski definition) is 5. The molecule has 154 valence electrons. The van der Waals surface area contributed by atoms with Crippen molar-refractivity contribution >= 4 is 37.0 Å². The number of pyridine rings is 1. The number of hydrogen-bond donors (Lipinski definition) is 0. The van der Waals surface area contributed by atoms with Gasteiger partial charge in [-0.3, -0.25) is 4.98 Å². The molecule has 1 aromatic carbocycles. The maximum atomic E-state index is 13.7. The Morgan fingerprint density at radius 3 is 2.34 bits per heavy atom. The van der Waals surface area contributed by atoms with E-state index in [4.69, 9.17) is 0 Å². The molecule has 4 nitrogen and oxygen atoms in total. The quantitative estimate of drug-likeness (QED) is 0.407. The number of rotatable bonds is 4. The van der Waals surface area contributed by atoms with Crippen molar-refractivity contribution in [1.29, 1.82) is 0 Å². The lowest BCUT2D eigenvalue weighted by atomic mass is 10.1. The molecule has 0 aliphatic heterocycles. The van der Waals surface area contributed by atoms with Crippen molar-refractivity contribution < 1.29 is 17.4 Å². The van der Waals surface area contributed by atoms with E-state index in [1.165, 1.54) is 24.5 Å². The average molecular weight is 504 g/mol. The summed E-state index contributed by atoms with van der Waals surface area (Å²) in [5.74, 6) is 0. The largest absolute Gasteiger partial charge is 0.433 e. The van der Waals surface area contributed by atoms with Gasteiger partial charge < -0.3 is 0 Å². The lowest BCUT2D eigenvalue weighted by Gasteiger charge is -2.16. The molecule has 0 bridgehead atoms. The van der Waals surface area contributed by atoms with E-state index in [2.05, 4.69) is 30.3 Å². The molecule has 0 fully saturated rings. The van der Waals surface area contributed by atoms with E-state index in [0.717, 1.165) is 27.2 Å². The molecule has 3 rings (SSSR count). The summed E-state index contributed by atoms with van der Waals surface area (Å²) in [4.78, 5) is 8.95. The van der Waals surface area contributed by atoms with Crippen molar-refractivity contribution in [2.45, 2.75) is 29.6 Å². The topological polar surface area (TPSA) is 55.2 Å². The van der Waals surface area contributed by atoms with Gasteiger partial charge in [0.05, 0.1) is 10.9 Å². The maximum absolute atomic E-state index is 13.7. The predicted molar refractivity (Wildman–Crippen MR) is 112 cm³/mol. The second-order valence-corrected chi connectivity index (χ2v) is 11.2. The monoisotopic (exact) mass is 503 g/mol. The highest BCUT2D eigenvalue weighted by Gasteiger charge is 2.33. The van der Waals surface area contributed by atoms with Crippen LogP contribution in [-0.4, -0.2) is 21.2 Å². The summed E-state index contributed by atoms with van der Waals surface area (Å²) in [6.45, 7) is 3.55. The Balaban J connectivity index is 2.01. The van der Waals surface area contributed by atoms with Crippen LogP contribution in [0.3, 0.4) is 0 Å². The minimum Gasteiger partial charge on any atom is -0.251 e. The molecule has 2 heterocycles. The molecule has 10 heteroatoms. The summed E-state index contributed by atoms with van der Waals surface area (Å²) in [6, 6.07) is 9.79. The molecular formula is C19H17BrF3N3OS2. The van der Waals surface area contributed by atoms with Crippen LogP contribution in [0.15, 0.2) is 55.8 Å². The first-order valence-electron chi connectivity index (χ1n) is 8.47. The third kappa shape index (κ3) is 4.39. The second-order valence-electron chi connectivity index (χ2n) is 6.26. The molecule has 0 N–H and O–H groups in total. The molecule has 0 aliphatic rings. The van der Waals surface area contributed by atoms with Crippen molar-refractivity contribution in [2.24, 2.45) is 4.36 Å². The molecule has 0 saturated carbocycles. The van der Waals surface area contributed by atoms with Crippen LogP contribution in [0.1, 0.15) is 28.3 Å². The van der Waals surface area contributed by atoms with Crippen molar-refractivity contribution in [2.75, 3.05) is 7.05 Å². The van der Waals surface area contributed by atoms with Gasteiger partial charge in [-0.15, -0.1) is 11.3 Å². The number of alkyl halides is 3. The van der Waals surface area contributed by atoms with Gasteiger partial charge in [-0.05, 0) is 37.6 Å². The summed E-state index contributed by atoms with van der Waals surface area (Å²) in [7, 11) is -1.56. The van der Waals surface area contributed by atoms with Gasteiger partial charge in [-0.2, -0.15) is 13.2 Å². The number of aryl methyl sites for hydroxylation is 1. The minimum absolute atomic E-state index is 0.350. The zero-order chi connectivity index (χ0) is 21.4. The molecule has 0 amide bonds. The molecule has 3 aromatic rings. The lowest BCUT2D eigenvalue weighted by molar-refractivity contribution is -0.141. The zero-order valence-corrected chi connectivity index (χ0v) is 18.9. The number of aromatic nitrogens is 2. The number of halogens is 4. The minimum atomic E-state index is -4.52. The Morgan fingerprint density at radius 1 is 1.17 bits per heavy atom. The molecule has 29 heavy (non-hydrogen) atoms. The third-order valence-corrected chi connectivity index (χ3v) is 9.07. The first-order valence-corrected chi connectivity index (χ1v) is 11.7. The van der Waals surface area contributed by atoms with Crippen LogP contribution >= 0.6 is 27.3 Å². The van der Waals surface area contributed by atoms with Gasteiger partial charge in [-0.1, -0.05) is 34.1 Å². The highest BCUT2D eigenvalue weighted by atomic mass is 79.9. The van der Waals surface area contributed by atoms with E-state index in [9.17, 15) is 17.4 Å². The Bertz CT molecular complexity index is 1130. The maximum Gasteiger partial charge on any atom is 0.433 e. The van der Waals surface area contributed by atoms with Gasteiger partial charge in [0.25, 0.3) is 0 Å². The van der Waals surface area contributed by atoms with Gasteiger partial charge in [0.2, 0.25) is 0 Å². The second kappa shape index (κ2) is 8.16. The summed E-state index contributed by atoms with van der Waals surface area (Å²) >= 11 is 4.67. The standard InChI is InChI=1S/C19H17BrF3N3OS2/c1-11-17(13-4-7-15(20)8-5-13)26-18(28-11)29(27,24-3)12(2)14-6-9-16(25-10-14)19(21,22)23/h4-10,12H,1-3H3. The van der Waals surface area contributed by atoms with Gasteiger partial charge in [0, 0.05) is 28.2 Å². The summed E-state index contributed by atoms with van der Waals surface area (Å²) in [5.41, 5.74) is 1.02. The molecule has 2 aromatic heterocycles. The van der Waals surface area contributed by atoms with Gasteiger partial charge >= 0.3 is 6.18 Å². The van der Waals surface area contributed by atoms with Crippen LogP contribution < -0.4 is 0 Å². The van der Waals surface area contributed by atoms with E-state index < -0.39 is 26.8 Å². The predicted octanol–water partition coefficient (Wildman–Crippen LogP) is 6.51. The smallest absolute Gasteiger partial charge is 0.251 e. The van der Waals surface area contributed by atoms with Gasteiger partial charge in [0.1, 0.15) is 15.4 Å². The summed E-state index contributed by atoms with van der Waals surface area (Å²) < 4.78 is 57.4. The molecule has 2 unspecified atom stereocenters. The fraction of sp³-hybridized carbons (Fsp3) is 0.263. The van der Waals surface area contributed by atoms with Crippen molar-refractivity contribution in [1.82, 2.24) is 9.97 Å². The highest BCUT2D eigenvalue weighted by Crippen LogP contribution is 2.37. The number of nitrogens with zero attached hydrogens (tertiary/aromatic N) is 3. The van der Waals surface area contributed by atoms with Crippen molar-refractivity contribution in [3.63, 3.8) is 0 Å². The Kier molecular flexibility index (Phi) is 6.16. The van der Waals surface area contributed by atoms with E-state index >= 15 is 0 Å². The average Bonchev–Trinajstić information content (AvgIpc) is 3.09. The van der Waals surface area contributed by atoms with E-state index in [1.807, 2.05) is 31.2 Å². The molecule has 2 atom stereocenters. The highest BCUT2D eigenvalue weighted by molar-refractivity contribution is 9.10. The normalized spacial score (nSPS) is 15.0. The Hall–Kier alpha value is -1.78. The van der Waals surface area contributed by atoms with Crippen LogP contribution in [0.2, 0.25) is 0 Å². The summed E-state index contributed by atoms with van der Waals surface area (Å²) in [5, 5.41) is -0.675. The van der Waals surface area contributed by atoms with E-state index in [-0.39, 0.29) is 0 Å². The first kappa shape index (κ1) is 21.9. The fourth-order valence-corrected chi connectivity index (χ4v) is 6.70. The fourth-order valence-electron chi connectivity index (χ4n) is 2.76. The van der Waals surface area contributed by atoms with Crippen LogP contribution in [0.5, 0.6) is 0 Å². The Labute approximate surface area is 179 Å². The Morgan fingerprint density at radius 2 is 1.83 bits per heavy atom. The molecule has 0 aliphatic carbocycles. The van der Waals surface area contributed by atoms with Gasteiger partial charge in [-0.25, -0.2) is 13.6 Å². The van der Waals surface area contributed by atoms with E-state index in [0.29, 0.717) is 15.6 Å². The molecule has 0 radical (unpaired) electrons. The van der Waals surface area contributed by atoms with Crippen LogP contribution in [0.4, 0.5) is 13.2 Å². The van der Waals surface area contributed by atoms with Crippen LogP contribution in [0.25, 0.3) is 11.3 Å². The molecule has 0 spiro atoms. The zero-order valence-electron chi connectivity index (χ0n) is 15.7. The van der Waals surface area contributed by atoms with Crippen molar-refractivity contribution in [3.05, 3.63) is 63.2 Å². The molecule has 0 saturated heterocycles. The van der Waals surface area contributed by atoms with E-state index in [1.54, 1.807) is 6.92 Å². The van der Waals surface area contributed by atoms with Crippen LogP contribution in [0, 0.1) is 6.92 Å². The molecular weight excluding hydrogens is 487 g/mol. The number of thiazole rings is 1. The third-order valence-electron chi connectivity index (χ3n) is 4.44. The lowest BCUT2D eigenvalue weighted by Crippen LogP contribution is -2.13. The number of benzene rings is 1. The first-order chi connectivity index (χ1) is 13.6.